The average molecular weight is 636 g/mol. The highest BCUT2D eigenvalue weighted by Crippen LogP contribution is 2.25. The zero-order valence-corrected chi connectivity index (χ0v) is 27.6. The summed E-state index contributed by atoms with van der Waals surface area (Å²) in [6, 6.07) is 13.8. The lowest BCUT2D eigenvalue weighted by Gasteiger charge is -2.34. The molecule has 0 heterocycles. The number of primary amides is 1. The number of hydrogen-bond donors (Lipinski definition) is 3. The lowest BCUT2D eigenvalue weighted by Crippen LogP contribution is -2.55. The fourth-order valence-electron chi connectivity index (χ4n) is 4.55. The highest BCUT2D eigenvalue weighted by Gasteiger charge is 2.38. The molecule has 0 saturated carbocycles. The average Bonchev–Trinajstić information content (AvgIpc) is 2.93. The first-order valence-corrected chi connectivity index (χ1v) is 15.0. The van der Waals surface area contributed by atoms with E-state index in [1.165, 1.54) is 0 Å². The Morgan fingerprint density at radius 3 is 2.07 bits per heavy atom. The fourth-order valence-corrected chi connectivity index (χ4v) is 4.55. The van der Waals surface area contributed by atoms with Crippen LogP contribution in [0.2, 0.25) is 0 Å². The third-order valence-electron chi connectivity index (χ3n) is 6.40. The highest BCUT2D eigenvalue weighted by atomic mass is 16.6. The Morgan fingerprint density at radius 2 is 1.52 bits per heavy atom. The lowest BCUT2D eigenvalue weighted by atomic mass is 9.99. The van der Waals surface area contributed by atoms with Crippen molar-refractivity contribution in [3.8, 4) is 6.07 Å². The zero-order chi connectivity index (χ0) is 34.7. The van der Waals surface area contributed by atoms with Crippen LogP contribution in [-0.2, 0) is 35.1 Å². The molecule has 12 heteroatoms. The van der Waals surface area contributed by atoms with E-state index in [0.717, 1.165) is 16.0 Å². The Bertz CT molecular complexity index is 1420. The molecule has 0 aliphatic carbocycles. The first-order chi connectivity index (χ1) is 21.4. The maximum Gasteiger partial charge on any atom is 0.408 e. The number of alkyl carbamates (subject to hydrolysis) is 1. The van der Waals surface area contributed by atoms with Gasteiger partial charge in [0.15, 0.2) is 0 Å². The number of nitrogens with two attached hydrogens (primary N) is 1. The SMILES string of the molecule is Cc1cccc(C(C(=O)NC(Cc2ccccc2)C(=O)OC(C)(C)C)N(CC#N)C(=O)C(CCC(N)=O)NC(=O)OC(C)(C)C)c1. The molecule has 3 atom stereocenters. The number of carbonyl (C=O) groups excluding carboxylic acids is 5. The van der Waals surface area contributed by atoms with Gasteiger partial charge in [0.25, 0.3) is 0 Å². The van der Waals surface area contributed by atoms with E-state index in [4.69, 9.17) is 15.2 Å². The molecule has 0 bridgehead atoms. The summed E-state index contributed by atoms with van der Waals surface area (Å²) in [5.74, 6) is -2.99. The van der Waals surface area contributed by atoms with Gasteiger partial charge in [0.2, 0.25) is 17.7 Å². The number of nitrogens with zero attached hydrogens (tertiary/aromatic N) is 2. The van der Waals surface area contributed by atoms with Gasteiger partial charge in [0.1, 0.15) is 35.9 Å². The highest BCUT2D eigenvalue weighted by molar-refractivity contribution is 5.94. The number of carbonyl (C=O) groups is 5. The van der Waals surface area contributed by atoms with Gasteiger partial charge in [-0.2, -0.15) is 5.26 Å². The molecular weight excluding hydrogens is 590 g/mol. The van der Waals surface area contributed by atoms with Crippen molar-refractivity contribution in [3.63, 3.8) is 0 Å². The monoisotopic (exact) mass is 635 g/mol. The molecule has 0 spiro atoms. The number of nitriles is 1. The number of rotatable bonds is 13. The molecule has 0 aliphatic rings. The number of hydrogen-bond acceptors (Lipinski definition) is 8. The first-order valence-electron chi connectivity index (χ1n) is 15.0. The molecule has 4 amide bonds. The quantitative estimate of drug-likeness (QED) is 0.220. The predicted molar refractivity (Wildman–Crippen MR) is 171 cm³/mol. The summed E-state index contributed by atoms with van der Waals surface area (Å²) in [4.78, 5) is 67.1. The van der Waals surface area contributed by atoms with Gasteiger partial charge < -0.3 is 30.7 Å². The summed E-state index contributed by atoms with van der Waals surface area (Å²) in [5, 5.41) is 15.0. The van der Waals surface area contributed by atoms with Crippen LogP contribution in [0.25, 0.3) is 0 Å². The van der Waals surface area contributed by atoms with Crippen LogP contribution in [-0.4, -0.2) is 64.5 Å². The van der Waals surface area contributed by atoms with Gasteiger partial charge in [-0.15, -0.1) is 0 Å². The molecule has 2 aromatic carbocycles. The van der Waals surface area contributed by atoms with Crippen LogP contribution in [0.1, 0.15) is 77.1 Å². The van der Waals surface area contributed by atoms with E-state index >= 15 is 0 Å². The minimum absolute atomic E-state index is 0.0929. The number of nitrogens with one attached hydrogen (secondary N) is 2. The number of amides is 4. The number of esters is 1. The Kier molecular flexibility index (Phi) is 13.3. The summed E-state index contributed by atoms with van der Waals surface area (Å²) in [7, 11) is 0. The Morgan fingerprint density at radius 1 is 0.891 bits per heavy atom. The van der Waals surface area contributed by atoms with Crippen molar-refractivity contribution in [2.24, 2.45) is 5.73 Å². The van der Waals surface area contributed by atoms with Crippen molar-refractivity contribution in [1.29, 1.82) is 5.26 Å². The van der Waals surface area contributed by atoms with Crippen molar-refractivity contribution in [1.82, 2.24) is 15.5 Å². The standard InChI is InChI=1S/C34H45N5O7/c1-22-12-11-15-24(20-22)28(29(41)37-26(31(43)45-33(2,3)4)21-23-13-9-8-10-14-23)39(19-18-35)30(42)25(16-17-27(36)40)38-32(44)46-34(5,6)7/h8-15,20,25-26,28H,16-17,19,21H2,1-7H3,(H2,36,40)(H,37,41)(H,38,44). The van der Waals surface area contributed by atoms with Crippen molar-refractivity contribution < 1.29 is 33.4 Å². The molecule has 4 N–H and O–H groups in total. The van der Waals surface area contributed by atoms with Crippen LogP contribution < -0.4 is 16.4 Å². The van der Waals surface area contributed by atoms with E-state index in [2.05, 4.69) is 10.6 Å². The van der Waals surface area contributed by atoms with Gasteiger partial charge in [-0.05, 0) is 66.0 Å². The van der Waals surface area contributed by atoms with Crippen molar-refractivity contribution in [3.05, 3.63) is 71.3 Å². The fraction of sp³-hybridized carbons (Fsp3) is 0.471. The lowest BCUT2D eigenvalue weighted by molar-refractivity contribution is -0.159. The molecule has 3 unspecified atom stereocenters. The minimum Gasteiger partial charge on any atom is -0.458 e. The molecule has 248 valence electrons. The topological polar surface area (TPSA) is 181 Å². The van der Waals surface area contributed by atoms with Crippen LogP contribution in [0.4, 0.5) is 4.79 Å². The van der Waals surface area contributed by atoms with Gasteiger partial charge in [0.05, 0.1) is 6.07 Å². The number of aryl methyl sites for hydroxylation is 1. The molecule has 0 aliphatic heterocycles. The second-order valence-electron chi connectivity index (χ2n) is 12.9. The van der Waals surface area contributed by atoms with Gasteiger partial charge in [-0.1, -0.05) is 60.2 Å². The molecule has 12 nitrogen and oxygen atoms in total. The summed E-state index contributed by atoms with van der Waals surface area (Å²) >= 11 is 0. The van der Waals surface area contributed by atoms with E-state index in [1.54, 1.807) is 97.0 Å². The van der Waals surface area contributed by atoms with E-state index < -0.39 is 65.7 Å². The zero-order valence-electron chi connectivity index (χ0n) is 27.6. The first kappa shape index (κ1) is 37.3. The van der Waals surface area contributed by atoms with Gasteiger partial charge >= 0.3 is 12.1 Å². The predicted octanol–water partition coefficient (Wildman–Crippen LogP) is 3.62. The van der Waals surface area contributed by atoms with E-state index in [0.29, 0.717) is 5.56 Å². The van der Waals surface area contributed by atoms with E-state index in [1.807, 2.05) is 12.1 Å². The molecule has 0 fully saturated rings. The molecule has 2 rings (SSSR count). The van der Waals surface area contributed by atoms with Crippen molar-refractivity contribution >= 4 is 29.8 Å². The maximum atomic E-state index is 14.2. The summed E-state index contributed by atoms with van der Waals surface area (Å²) < 4.78 is 10.9. The van der Waals surface area contributed by atoms with Crippen LogP contribution in [0.3, 0.4) is 0 Å². The second-order valence-corrected chi connectivity index (χ2v) is 12.9. The van der Waals surface area contributed by atoms with Crippen molar-refractivity contribution in [2.75, 3.05) is 6.54 Å². The largest absolute Gasteiger partial charge is 0.458 e. The number of ether oxygens (including phenoxy) is 2. The van der Waals surface area contributed by atoms with Crippen molar-refractivity contribution in [2.45, 2.75) is 97.1 Å². The number of benzene rings is 2. The van der Waals surface area contributed by atoms with Crippen LogP contribution >= 0.6 is 0 Å². The third kappa shape index (κ3) is 12.6. The smallest absolute Gasteiger partial charge is 0.408 e. The minimum atomic E-state index is -1.41. The Hall–Kier alpha value is -4.92. The van der Waals surface area contributed by atoms with Gasteiger partial charge in [-0.3, -0.25) is 14.4 Å². The molecule has 0 radical (unpaired) electrons. The second kappa shape index (κ2) is 16.4. The Labute approximate surface area is 270 Å². The van der Waals surface area contributed by atoms with Gasteiger partial charge in [0, 0.05) is 12.8 Å². The maximum absolute atomic E-state index is 14.2. The van der Waals surface area contributed by atoms with Gasteiger partial charge in [-0.25, -0.2) is 9.59 Å². The molecule has 0 saturated heterocycles. The summed E-state index contributed by atoms with van der Waals surface area (Å²) in [5.41, 5.74) is 5.48. The third-order valence-corrected chi connectivity index (χ3v) is 6.40. The molecule has 0 aromatic heterocycles. The van der Waals surface area contributed by atoms with Crippen LogP contribution in [0.15, 0.2) is 54.6 Å². The normalized spacial score (nSPS) is 13.3. The van der Waals surface area contributed by atoms with E-state index in [9.17, 15) is 29.2 Å². The summed E-state index contributed by atoms with van der Waals surface area (Å²) in [6.45, 7) is 11.3. The molecule has 2 aromatic rings. The summed E-state index contributed by atoms with van der Waals surface area (Å²) in [6.07, 6.45) is -1.33. The molecular formula is C34H45N5O7. The Balaban J connectivity index is 2.59. The van der Waals surface area contributed by atoms with E-state index in [-0.39, 0.29) is 19.3 Å². The van der Waals surface area contributed by atoms with Crippen LogP contribution in [0, 0.1) is 18.3 Å². The molecule has 46 heavy (non-hydrogen) atoms. The van der Waals surface area contributed by atoms with Crippen LogP contribution in [0.5, 0.6) is 0 Å².